The second-order valence-electron chi connectivity index (χ2n) is 1.19. The molecule has 0 aliphatic carbocycles. The lowest BCUT2D eigenvalue weighted by molar-refractivity contribution is -0.150. The molecule has 0 saturated carbocycles. The average molecular weight is 154 g/mol. The Kier molecular flexibility index (Phi) is 1.06. The van der Waals surface area contributed by atoms with Gasteiger partial charge in [0.25, 0.3) is 0 Å². The number of carbonyl (C=O) groups is 2. The quantitative estimate of drug-likeness (QED) is 0.367. The minimum absolute atomic E-state index is 1.55. The third-order valence-corrected chi connectivity index (χ3v) is 1.32. The van der Waals surface area contributed by atoms with Gasteiger partial charge in [-0.1, -0.05) is 0 Å². The van der Waals surface area contributed by atoms with Crippen LogP contribution in [0.2, 0.25) is 0 Å². The minimum atomic E-state index is -4.85. The Morgan fingerprint density at radius 2 is 1.56 bits per heavy atom. The lowest BCUT2D eigenvalue weighted by Gasteiger charge is -1.88. The molecular weight excluding hydrogens is 154 g/mol. The van der Waals surface area contributed by atoms with Crippen LogP contribution in [-0.2, 0) is 23.2 Å². The molecule has 0 unspecified atom stereocenters. The molecule has 0 aromatic carbocycles. The fourth-order valence-corrected chi connectivity index (χ4v) is 0.874. The van der Waals surface area contributed by atoms with Crippen molar-refractivity contribution in [1.29, 1.82) is 0 Å². The SMILES string of the molecule is O=C1OP(=O)(F)OC1=O. The lowest BCUT2D eigenvalue weighted by Crippen LogP contribution is -2.05. The van der Waals surface area contributed by atoms with Gasteiger partial charge in [-0.3, -0.25) is 0 Å². The van der Waals surface area contributed by atoms with Crippen LogP contribution in [0.1, 0.15) is 0 Å². The molecule has 0 atom stereocenters. The van der Waals surface area contributed by atoms with Gasteiger partial charge < -0.3 is 9.05 Å². The molecule has 0 spiro atoms. The van der Waals surface area contributed by atoms with E-state index in [9.17, 15) is 18.4 Å². The summed E-state index contributed by atoms with van der Waals surface area (Å²) in [5.74, 6) is -3.11. The third-order valence-electron chi connectivity index (χ3n) is 0.551. The maximum absolute atomic E-state index is 11.8. The summed E-state index contributed by atoms with van der Waals surface area (Å²) in [5.41, 5.74) is 0. The summed E-state index contributed by atoms with van der Waals surface area (Å²) in [6, 6.07) is 0. The van der Waals surface area contributed by atoms with Crippen molar-refractivity contribution < 1.29 is 27.4 Å². The maximum atomic E-state index is 11.8. The number of rotatable bonds is 0. The summed E-state index contributed by atoms with van der Waals surface area (Å²) in [4.78, 5) is 19.8. The molecule has 0 radical (unpaired) electrons. The van der Waals surface area contributed by atoms with Gasteiger partial charge in [0.05, 0.1) is 0 Å². The van der Waals surface area contributed by atoms with Crippen LogP contribution >= 0.6 is 7.91 Å². The highest BCUT2D eigenvalue weighted by molar-refractivity contribution is 7.50. The topological polar surface area (TPSA) is 69.7 Å². The van der Waals surface area contributed by atoms with Crippen LogP contribution in [0.4, 0.5) is 4.20 Å². The van der Waals surface area contributed by atoms with E-state index in [1.807, 2.05) is 0 Å². The first-order chi connectivity index (χ1) is 4.01. The fraction of sp³-hybridized carbons (Fsp3) is 0. The van der Waals surface area contributed by atoms with E-state index in [0.29, 0.717) is 0 Å². The molecule has 50 valence electrons. The monoisotopic (exact) mass is 154 g/mol. The lowest BCUT2D eigenvalue weighted by atomic mass is 10.7. The molecule has 9 heavy (non-hydrogen) atoms. The molecule has 5 nitrogen and oxygen atoms in total. The smallest absolute Gasteiger partial charge is 0.349 e. The van der Waals surface area contributed by atoms with Crippen molar-refractivity contribution in [2.24, 2.45) is 0 Å². The fourth-order valence-electron chi connectivity index (χ4n) is 0.291. The van der Waals surface area contributed by atoms with E-state index in [0.717, 1.165) is 0 Å². The molecule has 0 amide bonds. The van der Waals surface area contributed by atoms with Crippen LogP contribution in [0.5, 0.6) is 0 Å². The van der Waals surface area contributed by atoms with Crippen molar-refractivity contribution in [3.63, 3.8) is 0 Å². The first-order valence-corrected chi connectivity index (χ1v) is 3.22. The van der Waals surface area contributed by atoms with Gasteiger partial charge in [0.1, 0.15) is 0 Å². The van der Waals surface area contributed by atoms with Crippen molar-refractivity contribution in [2.75, 3.05) is 0 Å². The van der Waals surface area contributed by atoms with E-state index in [4.69, 9.17) is 0 Å². The normalized spacial score (nSPS) is 23.2. The van der Waals surface area contributed by atoms with Gasteiger partial charge in [-0.2, -0.15) is 0 Å². The van der Waals surface area contributed by atoms with Gasteiger partial charge in [0.15, 0.2) is 0 Å². The summed E-state index contributed by atoms with van der Waals surface area (Å²) in [6.45, 7) is 0. The molecule has 1 heterocycles. The number of hydrogen-bond acceptors (Lipinski definition) is 5. The zero-order valence-corrected chi connectivity index (χ0v) is 4.76. The zero-order chi connectivity index (χ0) is 7.07. The van der Waals surface area contributed by atoms with Crippen LogP contribution in [0.3, 0.4) is 0 Å². The summed E-state index contributed by atoms with van der Waals surface area (Å²) in [6.07, 6.45) is 0. The third kappa shape index (κ3) is 1.08. The van der Waals surface area contributed by atoms with Crippen molar-refractivity contribution >= 4 is 19.8 Å². The largest absolute Gasteiger partial charge is 0.634 e. The van der Waals surface area contributed by atoms with Crippen LogP contribution in [0.25, 0.3) is 0 Å². The van der Waals surface area contributed by atoms with E-state index >= 15 is 0 Å². The summed E-state index contributed by atoms with van der Waals surface area (Å²) in [5, 5.41) is 0. The van der Waals surface area contributed by atoms with Gasteiger partial charge in [0.2, 0.25) is 0 Å². The molecule has 0 bridgehead atoms. The Labute approximate surface area is 48.4 Å². The predicted octanol–water partition coefficient (Wildman–Crippen LogP) is 0.164. The van der Waals surface area contributed by atoms with Crippen molar-refractivity contribution in [2.45, 2.75) is 0 Å². The first kappa shape index (κ1) is 6.22. The number of hydrogen-bond donors (Lipinski definition) is 0. The van der Waals surface area contributed by atoms with Crippen LogP contribution in [0, 0.1) is 0 Å². The Morgan fingerprint density at radius 1 is 1.22 bits per heavy atom. The molecule has 1 aliphatic rings. The van der Waals surface area contributed by atoms with E-state index < -0.39 is 19.8 Å². The van der Waals surface area contributed by atoms with Crippen LogP contribution in [0.15, 0.2) is 0 Å². The summed E-state index contributed by atoms with van der Waals surface area (Å²) in [7, 11) is -4.85. The molecule has 1 rings (SSSR count). The van der Waals surface area contributed by atoms with E-state index in [-0.39, 0.29) is 0 Å². The Bertz CT molecular complexity index is 201. The molecule has 1 saturated heterocycles. The standard InChI is InChI=1S/C2FO5P/c3-9(6)7-1(4)2(5)8-9. The van der Waals surface area contributed by atoms with Crippen LogP contribution in [-0.4, -0.2) is 11.9 Å². The molecule has 1 aliphatic heterocycles. The summed E-state index contributed by atoms with van der Waals surface area (Å²) < 4.78 is 28.3. The highest BCUT2D eigenvalue weighted by atomic mass is 31.2. The maximum Gasteiger partial charge on any atom is 0.634 e. The first-order valence-electron chi connectivity index (χ1n) is 1.78. The Hall–Kier alpha value is -0.900. The molecule has 0 aromatic rings. The Balaban J connectivity index is 2.89. The number of halogens is 1. The summed E-state index contributed by atoms with van der Waals surface area (Å²) >= 11 is 0. The van der Waals surface area contributed by atoms with E-state index in [1.165, 1.54) is 0 Å². The van der Waals surface area contributed by atoms with Gasteiger partial charge in [-0.05, 0) is 0 Å². The molecule has 1 fully saturated rings. The second kappa shape index (κ2) is 1.54. The van der Waals surface area contributed by atoms with Gasteiger partial charge in [-0.25, -0.2) is 14.2 Å². The van der Waals surface area contributed by atoms with E-state index in [2.05, 4.69) is 9.05 Å². The predicted molar refractivity (Wildman–Crippen MR) is 20.9 cm³/mol. The molecule has 7 heteroatoms. The van der Waals surface area contributed by atoms with Gasteiger partial charge in [-0.15, -0.1) is 4.20 Å². The van der Waals surface area contributed by atoms with E-state index in [1.54, 1.807) is 0 Å². The van der Waals surface area contributed by atoms with Gasteiger partial charge in [0, 0.05) is 0 Å². The Morgan fingerprint density at radius 3 is 1.67 bits per heavy atom. The van der Waals surface area contributed by atoms with Crippen molar-refractivity contribution in [1.82, 2.24) is 0 Å². The highest BCUT2D eigenvalue weighted by Crippen LogP contribution is 2.53. The highest BCUT2D eigenvalue weighted by Gasteiger charge is 2.46. The zero-order valence-electron chi connectivity index (χ0n) is 3.87. The number of carbonyl (C=O) groups excluding carboxylic acids is 2. The minimum Gasteiger partial charge on any atom is -0.349 e. The van der Waals surface area contributed by atoms with Gasteiger partial charge >= 0.3 is 19.8 Å². The van der Waals surface area contributed by atoms with Crippen molar-refractivity contribution in [3.8, 4) is 0 Å². The molecule has 0 N–H and O–H groups in total. The molecule has 0 aromatic heterocycles. The molecular formula is C2FO5P. The average Bonchev–Trinajstić information content (AvgIpc) is 1.79. The van der Waals surface area contributed by atoms with Crippen molar-refractivity contribution in [3.05, 3.63) is 0 Å². The van der Waals surface area contributed by atoms with Crippen LogP contribution < -0.4 is 0 Å². The second-order valence-corrected chi connectivity index (χ2v) is 2.41.